The van der Waals surface area contributed by atoms with Crippen LogP contribution in [-0.2, 0) is 20.8 Å². The van der Waals surface area contributed by atoms with E-state index in [-0.39, 0.29) is 16.9 Å². The number of hydrogen-bond donors (Lipinski definition) is 6. The maximum absolute atomic E-state index is 12.8. The predicted octanol–water partition coefficient (Wildman–Crippen LogP) is -0.182. The monoisotopic (exact) mass is 520 g/mol. The number of carbonyl (C=O) groups excluding carboxylic acids is 2. The Hall–Kier alpha value is -1.62. The molecule has 0 bridgehead atoms. The Morgan fingerprint density at radius 3 is 2.39 bits per heavy atom. The SMILES string of the molecule is CSCC[C@H](N[Se]C(=O)[C@@H](N)CCCCN)C(=O)N[C@@H](Cc1ccc(O)cc1)C(=O)O. The molecular formula is C20H32N4O5SSe. The molecule has 0 unspecified atom stereocenters. The Kier molecular flexibility index (Phi) is 13.5. The second-order valence-corrected chi connectivity index (χ2v) is 9.79. The summed E-state index contributed by atoms with van der Waals surface area (Å²) in [5.41, 5.74) is 12.0. The van der Waals surface area contributed by atoms with Crippen molar-refractivity contribution in [1.29, 1.82) is 0 Å². The summed E-state index contributed by atoms with van der Waals surface area (Å²) in [7, 11) is 0. The zero-order valence-electron chi connectivity index (χ0n) is 17.6. The van der Waals surface area contributed by atoms with Gasteiger partial charge >= 0.3 is 194 Å². The van der Waals surface area contributed by atoms with Gasteiger partial charge in [-0.1, -0.05) is 0 Å². The third-order valence-corrected chi connectivity index (χ3v) is 7.04. The van der Waals surface area contributed by atoms with Crippen molar-refractivity contribution >= 4 is 43.5 Å². The number of hydrogen-bond acceptors (Lipinski definition) is 8. The summed E-state index contributed by atoms with van der Waals surface area (Å²) in [5.74, 6) is -0.873. The van der Waals surface area contributed by atoms with Crippen molar-refractivity contribution in [2.45, 2.75) is 50.2 Å². The van der Waals surface area contributed by atoms with E-state index >= 15 is 0 Å². The Labute approximate surface area is 193 Å². The molecular weight excluding hydrogens is 487 g/mol. The van der Waals surface area contributed by atoms with Gasteiger partial charge in [-0.3, -0.25) is 0 Å². The Bertz CT molecular complexity index is 707. The number of amides is 1. The van der Waals surface area contributed by atoms with Crippen molar-refractivity contribution in [3.8, 4) is 5.75 Å². The van der Waals surface area contributed by atoms with Crippen LogP contribution in [0.4, 0.5) is 0 Å². The van der Waals surface area contributed by atoms with Crippen LogP contribution in [0.25, 0.3) is 0 Å². The van der Waals surface area contributed by atoms with Gasteiger partial charge in [0.05, 0.1) is 0 Å². The fraction of sp³-hybridized carbons (Fsp3) is 0.550. The van der Waals surface area contributed by atoms with Gasteiger partial charge in [-0.25, -0.2) is 0 Å². The molecule has 9 nitrogen and oxygen atoms in total. The number of rotatable bonds is 16. The first kappa shape index (κ1) is 27.4. The normalized spacial score (nSPS) is 13.9. The van der Waals surface area contributed by atoms with Crippen molar-refractivity contribution in [3.63, 3.8) is 0 Å². The molecule has 1 aromatic carbocycles. The van der Waals surface area contributed by atoms with Crippen LogP contribution in [0, 0.1) is 0 Å². The fourth-order valence-electron chi connectivity index (χ4n) is 2.65. The number of phenols is 1. The van der Waals surface area contributed by atoms with Gasteiger partial charge < -0.3 is 0 Å². The van der Waals surface area contributed by atoms with Crippen LogP contribution < -0.4 is 21.1 Å². The van der Waals surface area contributed by atoms with Gasteiger partial charge in [-0.15, -0.1) is 0 Å². The zero-order chi connectivity index (χ0) is 23.2. The van der Waals surface area contributed by atoms with Gasteiger partial charge in [0.25, 0.3) is 0 Å². The van der Waals surface area contributed by atoms with E-state index in [2.05, 4.69) is 9.65 Å². The average Bonchev–Trinajstić information content (AvgIpc) is 2.74. The number of unbranched alkanes of at least 4 members (excludes halogenated alkanes) is 1. The zero-order valence-corrected chi connectivity index (χ0v) is 20.1. The molecule has 0 aliphatic carbocycles. The summed E-state index contributed by atoms with van der Waals surface area (Å²) >= 11 is 0.860. The molecule has 11 heteroatoms. The van der Waals surface area contributed by atoms with E-state index in [1.54, 1.807) is 23.9 Å². The third-order valence-electron chi connectivity index (χ3n) is 4.49. The Balaban J connectivity index is 2.70. The number of aromatic hydroxyl groups is 1. The molecule has 0 saturated heterocycles. The van der Waals surface area contributed by atoms with Gasteiger partial charge in [0.1, 0.15) is 0 Å². The molecule has 0 aliphatic heterocycles. The molecule has 0 aromatic heterocycles. The molecule has 0 aliphatic rings. The van der Waals surface area contributed by atoms with Crippen molar-refractivity contribution in [1.82, 2.24) is 9.65 Å². The molecule has 0 saturated carbocycles. The molecule has 174 valence electrons. The topological polar surface area (TPSA) is 168 Å². The van der Waals surface area contributed by atoms with Crippen LogP contribution in [0.3, 0.4) is 0 Å². The van der Waals surface area contributed by atoms with Crippen LogP contribution in [0.15, 0.2) is 24.3 Å². The molecule has 0 fully saturated rings. The van der Waals surface area contributed by atoms with Gasteiger partial charge in [0.2, 0.25) is 0 Å². The minimum absolute atomic E-state index is 0.0761. The molecule has 1 aromatic rings. The van der Waals surface area contributed by atoms with Crippen molar-refractivity contribution < 1.29 is 24.6 Å². The van der Waals surface area contributed by atoms with Gasteiger partial charge in [0.15, 0.2) is 0 Å². The van der Waals surface area contributed by atoms with E-state index in [1.165, 1.54) is 12.1 Å². The quantitative estimate of drug-likeness (QED) is 0.128. The van der Waals surface area contributed by atoms with Crippen LogP contribution in [0.5, 0.6) is 5.75 Å². The van der Waals surface area contributed by atoms with Gasteiger partial charge in [-0.05, 0) is 0 Å². The van der Waals surface area contributed by atoms with E-state index in [1.807, 2.05) is 6.26 Å². The van der Waals surface area contributed by atoms with Crippen LogP contribution in [0.1, 0.15) is 31.2 Å². The van der Waals surface area contributed by atoms with Crippen molar-refractivity contribution in [3.05, 3.63) is 29.8 Å². The fourth-order valence-corrected chi connectivity index (χ4v) is 4.70. The van der Waals surface area contributed by atoms with Gasteiger partial charge in [0, 0.05) is 0 Å². The van der Waals surface area contributed by atoms with Crippen LogP contribution >= 0.6 is 11.8 Å². The molecule has 0 radical (unpaired) electrons. The first-order valence-electron chi connectivity index (χ1n) is 10.00. The van der Waals surface area contributed by atoms with E-state index in [4.69, 9.17) is 11.5 Å². The number of aliphatic carboxylic acids is 1. The van der Waals surface area contributed by atoms with Gasteiger partial charge in [-0.2, -0.15) is 0 Å². The molecule has 31 heavy (non-hydrogen) atoms. The van der Waals surface area contributed by atoms with Crippen LogP contribution in [-0.4, -0.2) is 78.6 Å². The summed E-state index contributed by atoms with van der Waals surface area (Å²) in [5, 5.41) is 21.5. The van der Waals surface area contributed by atoms with E-state index < -0.39 is 45.2 Å². The number of nitrogens with one attached hydrogen (secondary N) is 2. The van der Waals surface area contributed by atoms with E-state index in [0.29, 0.717) is 30.7 Å². The molecule has 0 spiro atoms. The van der Waals surface area contributed by atoms with Crippen molar-refractivity contribution in [2.75, 3.05) is 18.6 Å². The summed E-state index contributed by atoms with van der Waals surface area (Å²) in [6.45, 7) is 0.552. The van der Waals surface area contributed by atoms with Crippen LogP contribution in [0.2, 0.25) is 0 Å². The number of benzene rings is 1. The number of carboxylic acid groups (broad SMARTS) is 1. The second-order valence-electron chi connectivity index (χ2n) is 7.03. The molecule has 0 heterocycles. The number of thioether (sulfide) groups is 1. The van der Waals surface area contributed by atoms with E-state index in [0.717, 1.165) is 12.8 Å². The molecule has 3 atom stereocenters. The number of phenolic OH excluding ortho intramolecular Hbond substituents is 1. The molecule has 1 rings (SSSR count). The summed E-state index contributed by atoms with van der Waals surface area (Å²) in [6.07, 6.45) is 4.56. The van der Waals surface area contributed by atoms with Crippen molar-refractivity contribution in [2.24, 2.45) is 11.5 Å². The summed E-state index contributed by atoms with van der Waals surface area (Å²) in [4.78, 5) is 36.7. The second kappa shape index (κ2) is 15.2. The number of nitrogens with two attached hydrogens (primary N) is 2. The number of carboxylic acids is 1. The number of carbonyl (C=O) groups is 3. The van der Waals surface area contributed by atoms with E-state index in [9.17, 15) is 24.6 Å². The standard InChI is InChI=1S/C20H32N4O5SSe/c1-30-11-9-16(24-31-20(29)15(22)4-2-3-10-21)18(26)23-17(19(27)28)12-13-5-7-14(25)8-6-13/h5-8,15-17,24-25H,2-4,9-12,21-22H2,1H3,(H,23,26)(H,27,28)/t15-,16-,17-/m0/s1. The summed E-state index contributed by atoms with van der Waals surface area (Å²) < 4.78 is 2.86. The Morgan fingerprint density at radius 2 is 1.81 bits per heavy atom. The summed E-state index contributed by atoms with van der Waals surface area (Å²) in [6, 6.07) is 3.73. The molecule has 1 amide bonds. The third kappa shape index (κ3) is 11.0. The maximum atomic E-state index is 12.8. The molecule has 8 N–H and O–H groups in total. The Morgan fingerprint density at radius 1 is 1.13 bits per heavy atom. The predicted molar refractivity (Wildman–Crippen MR) is 123 cm³/mol. The average molecular weight is 520 g/mol. The minimum atomic E-state index is -1.16. The first-order valence-corrected chi connectivity index (χ1v) is 13.1. The first-order chi connectivity index (χ1) is 14.8.